The fraction of sp³-hybridized carbons (Fsp3) is 0.167. The van der Waals surface area contributed by atoms with Gasteiger partial charge < -0.3 is 10.2 Å². The molecular weight excluding hydrogens is 367 g/mol. The van der Waals surface area contributed by atoms with E-state index in [4.69, 9.17) is 0 Å². The zero-order valence-corrected chi connectivity index (χ0v) is 16.1. The summed E-state index contributed by atoms with van der Waals surface area (Å²) in [6.07, 6.45) is 0.810. The first-order chi connectivity index (χ1) is 14.0. The molecule has 3 aromatic rings. The molecule has 1 aliphatic rings. The Labute approximate surface area is 169 Å². The van der Waals surface area contributed by atoms with Crippen LogP contribution in [-0.2, 0) is 13.0 Å². The molecule has 0 aromatic heterocycles. The maximum Gasteiger partial charge on any atom is 0.258 e. The Hall–Kier alpha value is -3.47. The van der Waals surface area contributed by atoms with E-state index in [0.29, 0.717) is 16.7 Å². The number of benzene rings is 3. The number of carbonyl (C=O) groups is 2. The largest absolute Gasteiger partial charge is 0.348 e. The molecule has 0 radical (unpaired) electrons. The first-order valence-corrected chi connectivity index (χ1v) is 9.57. The maximum absolute atomic E-state index is 13.7. The highest BCUT2D eigenvalue weighted by atomic mass is 19.1. The van der Waals surface area contributed by atoms with Crippen LogP contribution in [0.1, 0.15) is 38.8 Å². The number of fused-ring (bicyclic) bond motifs is 1. The minimum Gasteiger partial charge on any atom is -0.348 e. The van der Waals surface area contributed by atoms with Crippen molar-refractivity contribution in [3.05, 3.63) is 101 Å². The number of rotatable bonds is 4. The predicted octanol–water partition coefficient (Wildman–Crippen LogP) is 4.35. The van der Waals surface area contributed by atoms with Gasteiger partial charge in [-0.1, -0.05) is 42.5 Å². The third-order valence-corrected chi connectivity index (χ3v) is 5.19. The quantitative estimate of drug-likeness (QED) is 0.723. The van der Waals surface area contributed by atoms with Gasteiger partial charge in [0.15, 0.2) is 0 Å². The number of hydrogen-bond acceptors (Lipinski definition) is 2. The fourth-order valence-corrected chi connectivity index (χ4v) is 3.73. The average Bonchev–Trinajstić information content (AvgIpc) is 3.08. The minimum atomic E-state index is -0.363. The van der Waals surface area contributed by atoms with Gasteiger partial charge in [-0.3, -0.25) is 9.59 Å². The molecule has 29 heavy (non-hydrogen) atoms. The summed E-state index contributed by atoms with van der Waals surface area (Å²) in [5.41, 5.74) is 3.29. The van der Waals surface area contributed by atoms with Gasteiger partial charge in [0.2, 0.25) is 0 Å². The van der Waals surface area contributed by atoms with Crippen LogP contribution in [0.25, 0.3) is 0 Å². The predicted molar refractivity (Wildman–Crippen MR) is 110 cm³/mol. The van der Waals surface area contributed by atoms with E-state index in [9.17, 15) is 14.0 Å². The van der Waals surface area contributed by atoms with Crippen molar-refractivity contribution in [2.24, 2.45) is 0 Å². The standard InChI is InChI=1S/C24H21FN2O2/c1-16-13-17-7-3-5-12-22(17)27(16)24(29)19-10-6-9-18(14-19)23(28)26-15-20-8-2-4-11-21(20)25/h2-12,14,16H,13,15H2,1H3,(H,26,28). The number of anilines is 1. The third-order valence-electron chi connectivity index (χ3n) is 5.19. The number of amides is 2. The fourth-order valence-electron chi connectivity index (χ4n) is 3.73. The van der Waals surface area contributed by atoms with Crippen LogP contribution < -0.4 is 10.2 Å². The van der Waals surface area contributed by atoms with Crippen LogP contribution >= 0.6 is 0 Å². The lowest BCUT2D eigenvalue weighted by atomic mass is 10.1. The van der Waals surface area contributed by atoms with Crippen LogP contribution in [0.2, 0.25) is 0 Å². The molecule has 0 spiro atoms. The molecule has 1 atom stereocenters. The smallest absolute Gasteiger partial charge is 0.258 e. The third kappa shape index (κ3) is 3.76. The first kappa shape index (κ1) is 18.9. The van der Waals surface area contributed by atoms with E-state index in [0.717, 1.165) is 17.7 Å². The Morgan fingerprint density at radius 2 is 1.72 bits per heavy atom. The number of nitrogens with one attached hydrogen (secondary N) is 1. The molecule has 1 aliphatic heterocycles. The van der Waals surface area contributed by atoms with Crippen molar-refractivity contribution in [2.45, 2.75) is 25.9 Å². The summed E-state index contributed by atoms with van der Waals surface area (Å²) < 4.78 is 13.7. The zero-order chi connectivity index (χ0) is 20.4. The van der Waals surface area contributed by atoms with Crippen LogP contribution in [-0.4, -0.2) is 17.9 Å². The second kappa shape index (κ2) is 7.87. The van der Waals surface area contributed by atoms with E-state index in [1.54, 1.807) is 47.4 Å². The van der Waals surface area contributed by atoms with Gasteiger partial charge >= 0.3 is 0 Å². The molecule has 0 saturated carbocycles. The molecule has 5 heteroatoms. The lowest BCUT2D eigenvalue weighted by Crippen LogP contribution is -2.35. The molecule has 146 valence electrons. The summed E-state index contributed by atoms with van der Waals surface area (Å²) in [5.74, 6) is -0.845. The van der Waals surface area contributed by atoms with Crippen molar-refractivity contribution in [3.63, 3.8) is 0 Å². The Kier molecular flexibility index (Phi) is 5.12. The van der Waals surface area contributed by atoms with Crippen LogP contribution in [0, 0.1) is 5.82 Å². The highest BCUT2D eigenvalue weighted by Gasteiger charge is 2.31. The maximum atomic E-state index is 13.7. The molecule has 2 amide bonds. The minimum absolute atomic E-state index is 0.0541. The van der Waals surface area contributed by atoms with Gasteiger partial charge in [0.25, 0.3) is 11.8 Å². The molecule has 4 nitrogen and oxygen atoms in total. The van der Waals surface area contributed by atoms with Crippen molar-refractivity contribution < 1.29 is 14.0 Å². The summed E-state index contributed by atoms with van der Waals surface area (Å²) in [6, 6.07) is 20.9. The lowest BCUT2D eigenvalue weighted by molar-refractivity contribution is 0.0950. The Morgan fingerprint density at radius 3 is 2.55 bits per heavy atom. The summed E-state index contributed by atoms with van der Waals surface area (Å²) in [7, 11) is 0. The number of hydrogen-bond donors (Lipinski definition) is 1. The lowest BCUT2D eigenvalue weighted by Gasteiger charge is -2.23. The van der Waals surface area contributed by atoms with Crippen molar-refractivity contribution in [1.29, 1.82) is 0 Å². The van der Waals surface area contributed by atoms with Gasteiger partial charge in [0, 0.05) is 35.0 Å². The number of nitrogens with zero attached hydrogens (tertiary/aromatic N) is 1. The highest BCUT2D eigenvalue weighted by molar-refractivity contribution is 6.09. The summed E-state index contributed by atoms with van der Waals surface area (Å²) in [5, 5.41) is 2.71. The van der Waals surface area contributed by atoms with Crippen molar-refractivity contribution in [3.8, 4) is 0 Å². The second-order valence-electron chi connectivity index (χ2n) is 7.21. The molecule has 0 aliphatic carbocycles. The van der Waals surface area contributed by atoms with E-state index in [2.05, 4.69) is 5.32 Å². The molecule has 1 unspecified atom stereocenters. The topological polar surface area (TPSA) is 49.4 Å². The number of para-hydroxylation sites is 1. The van der Waals surface area contributed by atoms with Crippen molar-refractivity contribution in [1.82, 2.24) is 5.32 Å². The molecule has 1 heterocycles. The zero-order valence-electron chi connectivity index (χ0n) is 16.1. The Bertz CT molecular complexity index is 1080. The summed E-state index contributed by atoms with van der Waals surface area (Å²) in [6.45, 7) is 2.10. The molecule has 0 fully saturated rings. The van der Waals surface area contributed by atoms with Crippen LogP contribution in [0.5, 0.6) is 0 Å². The number of carbonyl (C=O) groups excluding carboxylic acids is 2. The summed E-state index contributed by atoms with van der Waals surface area (Å²) in [4.78, 5) is 27.5. The molecule has 0 saturated heterocycles. The van der Waals surface area contributed by atoms with E-state index >= 15 is 0 Å². The van der Waals surface area contributed by atoms with Crippen LogP contribution in [0.4, 0.5) is 10.1 Å². The first-order valence-electron chi connectivity index (χ1n) is 9.57. The average molecular weight is 388 g/mol. The SMILES string of the molecule is CC1Cc2ccccc2N1C(=O)c1cccc(C(=O)NCc2ccccc2F)c1. The van der Waals surface area contributed by atoms with E-state index in [1.165, 1.54) is 6.07 Å². The van der Waals surface area contributed by atoms with Gasteiger partial charge in [0.1, 0.15) is 5.82 Å². The van der Waals surface area contributed by atoms with Crippen LogP contribution in [0.15, 0.2) is 72.8 Å². The van der Waals surface area contributed by atoms with Crippen molar-refractivity contribution >= 4 is 17.5 Å². The van der Waals surface area contributed by atoms with Gasteiger partial charge in [0.05, 0.1) is 0 Å². The molecule has 4 rings (SSSR count). The molecular formula is C24H21FN2O2. The van der Waals surface area contributed by atoms with Crippen molar-refractivity contribution in [2.75, 3.05) is 4.90 Å². The Morgan fingerprint density at radius 1 is 1.00 bits per heavy atom. The van der Waals surface area contributed by atoms with Gasteiger partial charge in [-0.05, 0) is 49.2 Å². The summed E-state index contributed by atoms with van der Waals surface area (Å²) >= 11 is 0. The molecule has 0 bridgehead atoms. The monoisotopic (exact) mass is 388 g/mol. The Balaban J connectivity index is 1.52. The second-order valence-corrected chi connectivity index (χ2v) is 7.21. The van der Waals surface area contributed by atoms with E-state index in [1.807, 2.05) is 31.2 Å². The molecule has 3 aromatic carbocycles. The van der Waals surface area contributed by atoms with Crippen LogP contribution in [0.3, 0.4) is 0 Å². The highest BCUT2D eigenvalue weighted by Crippen LogP contribution is 2.33. The van der Waals surface area contributed by atoms with E-state index < -0.39 is 0 Å². The van der Waals surface area contributed by atoms with Gasteiger partial charge in [-0.25, -0.2) is 4.39 Å². The van der Waals surface area contributed by atoms with Gasteiger partial charge in [-0.2, -0.15) is 0 Å². The van der Waals surface area contributed by atoms with E-state index in [-0.39, 0.29) is 30.2 Å². The number of halogens is 1. The molecule has 1 N–H and O–H groups in total. The normalized spacial score (nSPS) is 15.1. The van der Waals surface area contributed by atoms with Gasteiger partial charge in [-0.15, -0.1) is 0 Å².